The highest BCUT2D eigenvalue weighted by atomic mass is 32.2. The van der Waals surface area contributed by atoms with E-state index in [1.807, 2.05) is 24.3 Å². The average Bonchev–Trinajstić information content (AvgIpc) is 4.06. The molecule has 15 nitrogen and oxygen atoms in total. The number of allylic oxidation sites excluding steroid dienone is 1. The fourth-order valence-electron chi connectivity index (χ4n) is 9.15. The third-order valence-electron chi connectivity index (χ3n) is 12.8. The number of aromatic nitrogens is 1. The Morgan fingerprint density at radius 1 is 0.968 bits per heavy atom. The largest absolute Gasteiger partial charge is 0.496 e. The summed E-state index contributed by atoms with van der Waals surface area (Å²) in [6, 6.07) is 11.0. The molecule has 5 atom stereocenters. The molecule has 3 saturated carbocycles. The van der Waals surface area contributed by atoms with Crippen LogP contribution in [0.1, 0.15) is 83.5 Å². The van der Waals surface area contributed by atoms with Crippen LogP contribution in [-0.2, 0) is 29.1 Å². The second-order valence-corrected chi connectivity index (χ2v) is 19.1. The highest BCUT2D eigenvalue weighted by Gasteiger charge is 2.62. The summed E-state index contributed by atoms with van der Waals surface area (Å²) in [7, 11) is -2.42. The molecule has 4 amide bonds. The fraction of sp³-hybridized carbons (Fsp3) is 0.489. The number of rotatable bonds is 9. The number of alkyl carbamates (subject to hydrolysis) is 1. The Morgan fingerprint density at radius 2 is 1.76 bits per heavy atom. The van der Waals surface area contributed by atoms with Crippen LogP contribution in [0.15, 0.2) is 65.1 Å². The number of nitrogens with one attached hydrogen (secondary N) is 3. The van der Waals surface area contributed by atoms with Crippen LogP contribution in [0.25, 0.3) is 33.3 Å². The van der Waals surface area contributed by atoms with Gasteiger partial charge in [-0.1, -0.05) is 43.2 Å². The van der Waals surface area contributed by atoms with Gasteiger partial charge >= 0.3 is 6.09 Å². The smallest absolute Gasteiger partial charge is 0.408 e. The summed E-state index contributed by atoms with van der Waals surface area (Å²) in [5.41, 5.74) is 0.0143. The van der Waals surface area contributed by atoms with Crippen LogP contribution in [0.5, 0.6) is 11.5 Å². The maximum absolute atomic E-state index is 15.5. The van der Waals surface area contributed by atoms with E-state index in [4.69, 9.17) is 23.6 Å². The highest BCUT2D eigenvalue weighted by Crippen LogP contribution is 2.46. The average molecular weight is 872 g/mol. The van der Waals surface area contributed by atoms with Crippen LogP contribution >= 0.6 is 0 Å². The number of halogens is 1. The monoisotopic (exact) mass is 871 g/mol. The van der Waals surface area contributed by atoms with Gasteiger partial charge in [-0.3, -0.25) is 19.1 Å². The molecule has 3 aliphatic carbocycles. The normalized spacial score (nSPS) is 26.5. The number of benzene rings is 2. The number of pyridine rings is 1. The van der Waals surface area contributed by atoms with E-state index in [1.54, 1.807) is 24.3 Å². The zero-order chi connectivity index (χ0) is 43.2. The molecule has 0 unspecified atom stereocenters. The molecular formula is C45H50FN5O10S. The number of nitrogens with zero attached hydrogens (tertiary/aromatic N) is 2. The molecule has 328 valence electrons. The number of methoxy groups -OCH3 is 1. The number of para-hydroxylation sites is 1. The van der Waals surface area contributed by atoms with Crippen molar-refractivity contribution >= 4 is 55.9 Å². The zero-order valence-electron chi connectivity index (χ0n) is 34.4. The third-order valence-corrected chi connectivity index (χ3v) is 14.6. The number of fused-ring (bicyclic) bond motifs is 5. The Hall–Kier alpha value is -5.71. The molecule has 2 aliphatic heterocycles. The quantitative estimate of drug-likeness (QED) is 0.163. The number of hydrogen-bond donors (Lipinski definition) is 3. The van der Waals surface area contributed by atoms with Gasteiger partial charge in [0.25, 0.3) is 5.91 Å². The van der Waals surface area contributed by atoms with Crippen LogP contribution < -0.4 is 24.8 Å². The topological polar surface area (TPSA) is 195 Å². The first-order chi connectivity index (χ1) is 29.9. The SMILES string of the molecule is COc1ccccc1-c1cc(O[C@@H]2C[C@H]3C(=O)N[C@]4(C(=O)NS(=O)(=O)C5CC5)C[C@@H]4/C=C\CCCCC[C@H](NC(=O)OC4CCCC4)C(=O)N3C2)c2oc3cccc(F)c3c2n1. The molecule has 5 aliphatic rings. The van der Waals surface area contributed by atoms with Crippen molar-refractivity contribution in [3.63, 3.8) is 0 Å². The third kappa shape index (κ3) is 8.30. The van der Waals surface area contributed by atoms with Crippen molar-refractivity contribution in [3.05, 3.63) is 66.5 Å². The van der Waals surface area contributed by atoms with Crippen molar-refractivity contribution in [2.24, 2.45) is 5.92 Å². The molecule has 0 spiro atoms. The lowest BCUT2D eigenvalue weighted by molar-refractivity contribution is -0.141. The molecule has 1 saturated heterocycles. The number of carbonyl (C=O) groups is 4. The van der Waals surface area contributed by atoms with E-state index in [9.17, 15) is 27.6 Å². The summed E-state index contributed by atoms with van der Waals surface area (Å²) < 4.78 is 67.8. The van der Waals surface area contributed by atoms with Gasteiger partial charge in [0.1, 0.15) is 52.5 Å². The van der Waals surface area contributed by atoms with Gasteiger partial charge in [0.15, 0.2) is 11.3 Å². The van der Waals surface area contributed by atoms with Gasteiger partial charge < -0.3 is 34.2 Å². The Bertz CT molecular complexity index is 2550. The fourth-order valence-corrected chi connectivity index (χ4v) is 10.5. The van der Waals surface area contributed by atoms with Gasteiger partial charge in [-0.15, -0.1) is 0 Å². The Balaban J connectivity index is 1.07. The maximum atomic E-state index is 15.5. The molecule has 0 radical (unpaired) electrons. The number of carbonyl (C=O) groups excluding carboxylic acids is 4. The molecule has 2 aromatic carbocycles. The van der Waals surface area contributed by atoms with Crippen molar-refractivity contribution in [1.82, 2.24) is 25.2 Å². The molecule has 0 bridgehead atoms. The first-order valence-corrected chi connectivity index (χ1v) is 23.1. The highest BCUT2D eigenvalue weighted by molar-refractivity contribution is 7.91. The molecule has 4 fully saturated rings. The van der Waals surface area contributed by atoms with E-state index in [-0.39, 0.29) is 59.7 Å². The van der Waals surface area contributed by atoms with E-state index < -0.39 is 74.5 Å². The molecular weight excluding hydrogens is 822 g/mol. The van der Waals surface area contributed by atoms with E-state index in [1.165, 1.54) is 24.1 Å². The second kappa shape index (κ2) is 16.9. The summed E-state index contributed by atoms with van der Waals surface area (Å²) in [6.45, 7) is -0.117. The van der Waals surface area contributed by atoms with Crippen LogP contribution in [0.2, 0.25) is 0 Å². The second-order valence-electron chi connectivity index (χ2n) is 17.1. The minimum atomic E-state index is -3.94. The van der Waals surface area contributed by atoms with E-state index in [2.05, 4.69) is 15.4 Å². The van der Waals surface area contributed by atoms with Crippen molar-refractivity contribution < 1.29 is 50.6 Å². The number of furan rings is 1. The maximum Gasteiger partial charge on any atom is 0.408 e. The number of hydrogen-bond acceptors (Lipinski definition) is 11. The van der Waals surface area contributed by atoms with Crippen molar-refractivity contribution in [1.29, 1.82) is 0 Å². The van der Waals surface area contributed by atoms with Crippen molar-refractivity contribution in [2.75, 3.05) is 13.7 Å². The van der Waals surface area contributed by atoms with Gasteiger partial charge in [-0.25, -0.2) is 22.6 Å². The lowest BCUT2D eigenvalue weighted by Crippen LogP contribution is -2.58. The molecule has 2 aromatic heterocycles. The lowest BCUT2D eigenvalue weighted by Gasteiger charge is -2.30. The molecule has 17 heteroatoms. The van der Waals surface area contributed by atoms with E-state index in [0.29, 0.717) is 42.7 Å². The summed E-state index contributed by atoms with van der Waals surface area (Å²) >= 11 is 0. The number of sulfonamides is 1. The van der Waals surface area contributed by atoms with Gasteiger partial charge in [0.2, 0.25) is 21.8 Å². The number of ether oxygens (including phenoxy) is 3. The molecule has 4 heterocycles. The van der Waals surface area contributed by atoms with Gasteiger partial charge in [-0.2, -0.15) is 0 Å². The first-order valence-electron chi connectivity index (χ1n) is 21.6. The summed E-state index contributed by atoms with van der Waals surface area (Å²) in [5.74, 6) is -2.38. The minimum absolute atomic E-state index is 0.0577. The zero-order valence-corrected chi connectivity index (χ0v) is 35.2. The van der Waals surface area contributed by atoms with Gasteiger partial charge in [0.05, 0.1) is 30.0 Å². The Kier molecular flexibility index (Phi) is 11.3. The van der Waals surface area contributed by atoms with Crippen molar-refractivity contribution in [3.8, 4) is 22.8 Å². The molecule has 4 aromatic rings. The number of amides is 4. The minimum Gasteiger partial charge on any atom is -0.496 e. The van der Waals surface area contributed by atoms with Crippen LogP contribution in [0, 0.1) is 11.7 Å². The predicted molar refractivity (Wildman–Crippen MR) is 225 cm³/mol. The van der Waals surface area contributed by atoms with Crippen LogP contribution in [0.3, 0.4) is 0 Å². The standard InChI is InChI=1S/C45H50FN5O10S/c1-58-35-18-10-9-15-30(35)33-23-37(40-39(47-33)38-31(46)16-11-19-36(38)61-40)59-28-22-34-41(52)49-45(43(54)50-62(56,57)29-20-21-29)24-26(45)12-5-3-2-4-6-17-32(42(53)51(34)25-28)48-44(55)60-27-13-7-8-14-27/h5,9-12,15-16,18-19,23,26-29,32,34H,2-4,6-8,13-14,17,20-22,24-25H2,1H3,(H,48,55)(H,49,52)(H,50,54)/b12-5-/t26-,28+,32-,34-,45+/m0/s1. The van der Waals surface area contributed by atoms with Crippen molar-refractivity contribution in [2.45, 2.75) is 119 Å². The lowest BCUT2D eigenvalue weighted by atomic mass is 10.0. The van der Waals surface area contributed by atoms with Crippen LogP contribution in [-0.4, -0.2) is 90.9 Å². The molecule has 3 N–H and O–H groups in total. The van der Waals surface area contributed by atoms with Gasteiger partial charge in [0, 0.05) is 24.0 Å². The molecule has 9 rings (SSSR count). The van der Waals surface area contributed by atoms with Crippen LogP contribution in [0.4, 0.5) is 9.18 Å². The Morgan fingerprint density at radius 3 is 2.55 bits per heavy atom. The summed E-state index contributed by atoms with van der Waals surface area (Å²) in [4.78, 5) is 62.8. The predicted octanol–water partition coefficient (Wildman–Crippen LogP) is 6.19. The van der Waals surface area contributed by atoms with E-state index >= 15 is 4.39 Å². The van der Waals surface area contributed by atoms with Gasteiger partial charge in [-0.05, 0) is 88.5 Å². The molecule has 62 heavy (non-hydrogen) atoms. The summed E-state index contributed by atoms with van der Waals surface area (Å²) in [5, 5.41) is 5.18. The van der Waals surface area contributed by atoms with E-state index in [0.717, 1.165) is 38.5 Å². The Labute approximate surface area is 358 Å². The first kappa shape index (κ1) is 41.6. The summed E-state index contributed by atoms with van der Waals surface area (Å²) in [6.07, 6.45) is 9.40.